The van der Waals surface area contributed by atoms with Gasteiger partial charge >= 0.3 is 6.09 Å². The van der Waals surface area contributed by atoms with Crippen LogP contribution in [0, 0.1) is 12.7 Å². The number of benzene rings is 3. The van der Waals surface area contributed by atoms with Crippen molar-refractivity contribution in [2.45, 2.75) is 19.6 Å². The summed E-state index contributed by atoms with van der Waals surface area (Å²) < 4.78 is 32.3. The number of methoxy groups -OCH3 is 1. The average Bonchev–Trinajstić information content (AvgIpc) is 3.56. The molecular formula is C28H22FN5O5S. The standard InChI is InChI=1S/C28H22FN5O5S/c1-13-7-16(23-19(8-13)32-21(37-3)12-31-23)27-33-20-11-18(29)24-17(25(20)40-27)10-22(38-24)39-28(36)34(2)15-6-4-5-14(9-15)26(30)35/h4-9,11-12,22H,10H2,1-3H3,(H2,30,35)/t22-/m1/s1. The molecule has 5 aromatic rings. The number of carbonyl (C=O) groups is 2. The molecule has 40 heavy (non-hydrogen) atoms. The Morgan fingerprint density at radius 1 is 1.18 bits per heavy atom. The van der Waals surface area contributed by atoms with Gasteiger partial charge < -0.3 is 19.9 Å². The SMILES string of the molecule is COc1cnc2c(-c3nc4cc(F)c5c(c4s3)C[C@@H](OC(=O)N(C)c3cccc(C(N)=O)c3)O5)cc(C)cc2n1. The van der Waals surface area contributed by atoms with Crippen LogP contribution in [0.5, 0.6) is 11.6 Å². The molecule has 2 N–H and O–H groups in total. The molecule has 0 saturated carbocycles. The molecule has 1 atom stereocenters. The van der Waals surface area contributed by atoms with Crippen molar-refractivity contribution in [3.05, 3.63) is 71.2 Å². The highest BCUT2D eigenvalue weighted by Crippen LogP contribution is 2.43. The van der Waals surface area contributed by atoms with Crippen molar-refractivity contribution in [3.63, 3.8) is 0 Å². The summed E-state index contributed by atoms with van der Waals surface area (Å²) in [5, 5.41) is 0.644. The van der Waals surface area contributed by atoms with Gasteiger partial charge in [-0.05, 0) is 42.8 Å². The normalized spacial score (nSPS) is 14.2. The Morgan fingerprint density at radius 2 is 2.00 bits per heavy atom. The van der Waals surface area contributed by atoms with E-state index in [1.807, 2.05) is 19.1 Å². The van der Waals surface area contributed by atoms with Gasteiger partial charge in [-0.2, -0.15) is 0 Å². The zero-order valence-electron chi connectivity index (χ0n) is 21.6. The Hall–Kier alpha value is -4.84. The number of aryl methyl sites for hydroxylation is 1. The molecule has 202 valence electrons. The van der Waals surface area contributed by atoms with Gasteiger partial charge in [0.1, 0.15) is 5.01 Å². The van der Waals surface area contributed by atoms with Crippen LogP contribution in [0.2, 0.25) is 0 Å². The molecule has 6 rings (SSSR count). The number of rotatable bonds is 5. The van der Waals surface area contributed by atoms with E-state index in [1.165, 1.54) is 42.5 Å². The molecule has 0 fully saturated rings. The first-order valence-corrected chi connectivity index (χ1v) is 13.0. The second-order valence-corrected chi connectivity index (χ2v) is 10.2. The predicted octanol–water partition coefficient (Wildman–Crippen LogP) is 5.00. The lowest BCUT2D eigenvalue weighted by Crippen LogP contribution is -2.33. The molecule has 0 radical (unpaired) electrons. The minimum Gasteiger partial charge on any atom is -0.480 e. The van der Waals surface area contributed by atoms with E-state index in [4.69, 9.17) is 24.9 Å². The van der Waals surface area contributed by atoms with Crippen molar-refractivity contribution in [1.82, 2.24) is 15.0 Å². The van der Waals surface area contributed by atoms with Crippen LogP contribution >= 0.6 is 11.3 Å². The maximum absolute atomic E-state index is 15.1. The van der Waals surface area contributed by atoms with Crippen molar-refractivity contribution < 1.29 is 28.2 Å². The van der Waals surface area contributed by atoms with E-state index in [1.54, 1.807) is 24.4 Å². The van der Waals surface area contributed by atoms with Crippen molar-refractivity contribution in [3.8, 4) is 22.2 Å². The molecule has 0 aliphatic carbocycles. The number of hydrogen-bond acceptors (Lipinski definition) is 9. The minimum atomic E-state index is -1.05. The molecule has 0 bridgehead atoms. The van der Waals surface area contributed by atoms with Crippen LogP contribution in [-0.2, 0) is 11.2 Å². The van der Waals surface area contributed by atoms with Crippen molar-refractivity contribution in [2.24, 2.45) is 5.73 Å². The summed E-state index contributed by atoms with van der Waals surface area (Å²) in [6, 6.07) is 11.4. The zero-order valence-corrected chi connectivity index (χ0v) is 22.4. The fourth-order valence-corrected chi connectivity index (χ4v) is 5.70. The molecule has 0 spiro atoms. The third kappa shape index (κ3) is 4.41. The van der Waals surface area contributed by atoms with Gasteiger partial charge in [-0.3, -0.25) is 9.69 Å². The molecular weight excluding hydrogens is 537 g/mol. The van der Waals surface area contributed by atoms with E-state index in [9.17, 15) is 9.59 Å². The van der Waals surface area contributed by atoms with Crippen molar-refractivity contribution in [2.75, 3.05) is 19.1 Å². The van der Waals surface area contributed by atoms with Crippen LogP contribution in [0.25, 0.3) is 31.8 Å². The molecule has 3 heterocycles. The molecule has 0 unspecified atom stereocenters. The van der Waals surface area contributed by atoms with Crippen LogP contribution in [0.3, 0.4) is 0 Å². The number of nitrogens with zero attached hydrogens (tertiary/aromatic N) is 4. The summed E-state index contributed by atoms with van der Waals surface area (Å²) in [6.45, 7) is 1.95. The Kier molecular flexibility index (Phi) is 6.18. The lowest BCUT2D eigenvalue weighted by atomic mass is 10.1. The van der Waals surface area contributed by atoms with E-state index in [0.29, 0.717) is 38.7 Å². The second kappa shape index (κ2) is 9.72. The molecule has 10 nitrogen and oxygen atoms in total. The van der Waals surface area contributed by atoms with Gasteiger partial charge in [0, 0.05) is 35.5 Å². The largest absolute Gasteiger partial charge is 0.480 e. The Morgan fingerprint density at radius 3 is 2.77 bits per heavy atom. The number of ether oxygens (including phenoxy) is 3. The lowest BCUT2D eigenvalue weighted by Gasteiger charge is -2.20. The second-order valence-electron chi connectivity index (χ2n) is 9.23. The third-order valence-electron chi connectivity index (χ3n) is 6.53. The highest BCUT2D eigenvalue weighted by Gasteiger charge is 2.33. The quantitative estimate of drug-likeness (QED) is 0.319. The lowest BCUT2D eigenvalue weighted by molar-refractivity contribution is -0.0144. The van der Waals surface area contributed by atoms with Gasteiger partial charge in [-0.15, -0.1) is 11.3 Å². The molecule has 1 aliphatic rings. The van der Waals surface area contributed by atoms with E-state index < -0.39 is 24.1 Å². The van der Waals surface area contributed by atoms with E-state index in [2.05, 4.69) is 9.97 Å². The molecule has 2 amide bonds. The molecule has 0 saturated heterocycles. The highest BCUT2D eigenvalue weighted by atomic mass is 32.1. The van der Waals surface area contributed by atoms with Gasteiger partial charge in [-0.1, -0.05) is 6.07 Å². The van der Waals surface area contributed by atoms with E-state index in [0.717, 1.165) is 15.8 Å². The maximum Gasteiger partial charge on any atom is 0.417 e. The van der Waals surface area contributed by atoms with E-state index >= 15 is 4.39 Å². The van der Waals surface area contributed by atoms with Crippen LogP contribution < -0.4 is 20.1 Å². The summed E-state index contributed by atoms with van der Waals surface area (Å²) in [5.74, 6) is -0.791. The summed E-state index contributed by atoms with van der Waals surface area (Å²) in [5.41, 5.74) is 10.1. The average molecular weight is 560 g/mol. The van der Waals surface area contributed by atoms with Gasteiger partial charge in [0.05, 0.1) is 41.0 Å². The first kappa shape index (κ1) is 25.4. The first-order chi connectivity index (χ1) is 19.2. The Labute approximate surface area is 231 Å². The number of anilines is 1. The van der Waals surface area contributed by atoms with Gasteiger partial charge in [0.25, 0.3) is 6.29 Å². The maximum atomic E-state index is 15.1. The molecule has 2 aromatic heterocycles. The summed E-state index contributed by atoms with van der Waals surface area (Å²) in [6.07, 6.45) is -0.105. The number of carbonyl (C=O) groups excluding carboxylic acids is 2. The number of amides is 2. The van der Waals surface area contributed by atoms with Crippen LogP contribution in [0.1, 0.15) is 21.5 Å². The topological polar surface area (TPSA) is 130 Å². The highest BCUT2D eigenvalue weighted by molar-refractivity contribution is 7.22. The van der Waals surface area contributed by atoms with Crippen molar-refractivity contribution in [1.29, 1.82) is 0 Å². The third-order valence-corrected chi connectivity index (χ3v) is 7.70. The van der Waals surface area contributed by atoms with Crippen LogP contribution in [0.4, 0.5) is 14.9 Å². The number of primary amides is 1. The monoisotopic (exact) mass is 559 g/mol. The Bertz CT molecular complexity index is 1840. The number of nitrogens with two attached hydrogens (primary N) is 1. The number of aromatic nitrogens is 3. The van der Waals surface area contributed by atoms with E-state index in [-0.39, 0.29) is 17.7 Å². The summed E-state index contributed by atoms with van der Waals surface area (Å²) in [7, 11) is 3.02. The van der Waals surface area contributed by atoms with Gasteiger partial charge in [-0.25, -0.2) is 24.1 Å². The predicted molar refractivity (Wildman–Crippen MR) is 147 cm³/mol. The molecule has 3 aromatic carbocycles. The number of fused-ring (bicyclic) bond motifs is 4. The first-order valence-electron chi connectivity index (χ1n) is 12.2. The fourth-order valence-electron chi connectivity index (χ4n) is 4.59. The van der Waals surface area contributed by atoms with Crippen LogP contribution in [0.15, 0.2) is 48.7 Å². The zero-order chi connectivity index (χ0) is 28.1. The van der Waals surface area contributed by atoms with Crippen LogP contribution in [-0.4, -0.2) is 47.4 Å². The summed E-state index contributed by atoms with van der Waals surface area (Å²) >= 11 is 1.37. The van der Waals surface area contributed by atoms with Crippen molar-refractivity contribution >= 4 is 50.3 Å². The molecule has 1 aliphatic heterocycles. The minimum absolute atomic E-state index is 0.0255. The molecule has 12 heteroatoms. The number of halogens is 1. The van der Waals surface area contributed by atoms with Gasteiger partial charge in [0.2, 0.25) is 11.8 Å². The van der Waals surface area contributed by atoms with Gasteiger partial charge in [0.15, 0.2) is 11.6 Å². The number of thiazole rings is 1. The summed E-state index contributed by atoms with van der Waals surface area (Å²) in [4.78, 5) is 39.3. The smallest absolute Gasteiger partial charge is 0.417 e. The number of hydrogen-bond donors (Lipinski definition) is 1. The fraction of sp³-hybridized carbons (Fsp3) is 0.179. The Balaban J connectivity index is 1.30.